The predicted molar refractivity (Wildman–Crippen MR) is 84.5 cm³/mol. The molecule has 0 saturated carbocycles. The Bertz CT molecular complexity index is 602. The number of benzene rings is 2. The van der Waals surface area contributed by atoms with Gasteiger partial charge in [0.25, 0.3) is 0 Å². The van der Waals surface area contributed by atoms with Crippen molar-refractivity contribution in [2.24, 2.45) is 5.84 Å². The molecule has 2 aromatic carbocycles. The van der Waals surface area contributed by atoms with E-state index in [0.717, 1.165) is 21.2 Å². The molecule has 3 N–H and O–H groups in total. The second-order valence-corrected chi connectivity index (χ2v) is 5.89. The maximum atomic E-state index is 6.25. The summed E-state index contributed by atoms with van der Waals surface area (Å²) in [6.07, 6.45) is 0. The van der Waals surface area contributed by atoms with E-state index >= 15 is 0 Å². The maximum Gasteiger partial charge on any atom is 0.0725 e. The normalized spacial score (nSPS) is 12.5. The van der Waals surface area contributed by atoms with Crippen molar-refractivity contribution in [1.29, 1.82) is 0 Å². The molecule has 0 fully saturated rings. The largest absolute Gasteiger partial charge is 0.271 e. The van der Waals surface area contributed by atoms with Gasteiger partial charge in [-0.15, -0.1) is 0 Å². The smallest absolute Gasteiger partial charge is 0.0725 e. The van der Waals surface area contributed by atoms with Crippen molar-refractivity contribution in [1.82, 2.24) is 5.43 Å². The van der Waals surface area contributed by atoms with Crippen LogP contribution in [-0.2, 0) is 0 Å². The van der Waals surface area contributed by atoms with E-state index in [4.69, 9.17) is 29.0 Å². The molecule has 0 bridgehead atoms. The van der Waals surface area contributed by atoms with Crippen LogP contribution in [0.25, 0.3) is 0 Å². The van der Waals surface area contributed by atoms with Crippen LogP contribution < -0.4 is 11.3 Å². The van der Waals surface area contributed by atoms with Crippen LogP contribution in [0.4, 0.5) is 0 Å². The van der Waals surface area contributed by atoms with Gasteiger partial charge in [0.2, 0.25) is 0 Å². The van der Waals surface area contributed by atoms with Gasteiger partial charge in [0.15, 0.2) is 0 Å². The third-order valence-corrected chi connectivity index (χ3v) is 4.68. The van der Waals surface area contributed by atoms with E-state index in [1.165, 1.54) is 0 Å². The van der Waals surface area contributed by atoms with Gasteiger partial charge in [-0.05, 0) is 35.7 Å². The highest BCUT2D eigenvalue weighted by molar-refractivity contribution is 9.10. The van der Waals surface area contributed by atoms with Crippen LogP contribution in [0.15, 0.2) is 40.9 Å². The summed E-state index contributed by atoms with van der Waals surface area (Å²) in [5.41, 5.74) is 5.82. The summed E-state index contributed by atoms with van der Waals surface area (Å²) in [5, 5.41) is 1.04. The van der Waals surface area contributed by atoms with Gasteiger partial charge >= 0.3 is 0 Å². The quantitative estimate of drug-likeness (QED) is 0.620. The van der Waals surface area contributed by atoms with E-state index in [1.54, 1.807) is 6.07 Å². The summed E-state index contributed by atoms with van der Waals surface area (Å²) in [5.74, 6) is 5.68. The molecule has 0 radical (unpaired) electrons. The lowest BCUT2D eigenvalue weighted by molar-refractivity contribution is 0.636. The number of halogens is 3. The summed E-state index contributed by atoms with van der Waals surface area (Å²) < 4.78 is 1.03. The molecule has 2 rings (SSSR count). The van der Waals surface area contributed by atoms with Gasteiger partial charge in [-0.25, -0.2) is 5.43 Å². The molecule has 0 aliphatic rings. The monoisotopic (exact) mass is 358 g/mol. The van der Waals surface area contributed by atoms with E-state index in [9.17, 15) is 0 Å². The zero-order valence-electron chi connectivity index (χ0n) is 10.3. The first kappa shape index (κ1) is 14.8. The van der Waals surface area contributed by atoms with Crippen LogP contribution in [-0.4, -0.2) is 0 Å². The summed E-state index contributed by atoms with van der Waals surface area (Å²) in [6.45, 7) is 2.03. The fourth-order valence-electron chi connectivity index (χ4n) is 1.90. The highest BCUT2D eigenvalue weighted by Crippen LogP contribution is 2.33. The first-order chi connectivity index (χ1) is 9.04. The van der Waals surface area contributed by atoms with Gasteiger partial charge in [-0.3, -0.25) is 5.84 Å². The van der Waals surface area contributed by atoms with Gasteiger partial charge in [-0.2, -0.15) is 0 Å². The van der Waals surface area contributed by atoms with Gasteiger partial charge in [0.1, 0.15) is 0 Å². The summed E-state index contributed by atoms with van der Waals surface area (Å²) in [4.78, 5) is 0. The molecule has 1 atom stereocenters. The topological polar surface area (TPSA) is 38.0 Å². The highest BCUT2D eigenvalue weighted by Gasteiger charge is 2.17. The molecule has 2 nitrogen and oxygen atoms in total. The van der Waals surface area contributed by atoms with Crippen molar-refractivity contribution in [3.05, 3.63) is 67.6 Å². The van der Waals surface area contributed by atoms with E-state index < -0.39 is 0 Å². The molecule has 5 heteroatoms. The van der Waals surface area contributed by atoms with Crippen LogP contribution in [0.3, 0.4) is 0 Å². The Morgan fingerprint density at radius 2 is 1.95 bits per heavy atom. The molecule has 0 saturated heterocycles. The second-order valence-electron chi connectivity index (χ2n) is 4.25. The first-order valence-electron chi connectivity index (χ1n) is 5.70. The average molecular weight is 360 g/mol. The first-order valence-corrected chi connectivity index (χ1v) is 7.25. The van der Waals surface area contributed by atoms with Crippen LogP contribution in [0, 0.1) is 6.92 Å². The number of hydrogen-bond donors (Lipinski definition) is 2. The molecule has 0 amide bonds. The molecule has 0 aliphatic heterocycles. The minimum atomic E-state index is -0.205. The van der Waals surface area contributed by atoms with Gasteiger partial charge in [0.05, 0.1) is 16.1 Å². The zero-order chi connectivity index (χ0) is 14.0. The molecular weight excluding hydrogens is 347 g/mol. The number of hydrogen-bond acceptors (Lipinski definition) is 2. The van der Waals surface area contributed by atoms with Crippen LogP contribution in [0.5, 0.6) is 0 Å². The lowest BCUT2D eigenvalue weighted by Gasteiger charge is -2.19. The Hall–Kier alpha value is -0.580. The lowest BCUT2D eigenvalue weighted by Crippen LogP contribution is -2.29. The third-order valence-electron chi connectivity index (χ3n) is 2.99. The Morgan fingerprint density at radius 3 is 2.58 bits per heavy atom. The summed E-state index contributed by atoms with van der Waals surface area (Å²) in [6, 6.07) is 11.4. The molecule has 19 heavy (non-hydrogen) atoms. The second kappa shape index (κ2) is 6.25. The molecular formula is C14H13BrCl2N2. The van der Waals surface area contributed by atoms with E-state index in [1.807, 2.05) is 37.3 Å². The minimum absolute atomic E-state index is 0.205. The summed E-state index contributed by atoms with van der Waals surface area (Å²) in [7, 11) is 0. The standard InChI is InChI=1S/C14H13BrCl2N2/c1-8-5-6-9(7-11(8)15)14(19-18)10-3-2-4-12(16)13(10)17/h2-7,14,19H,18H2,1H3. The number of nitrogens with two attached hydrogens (primary N) is 1. The van der Waals surface area contributed by atoms with Crippen molar-refractivity contribution in [3.63, 3.8) is 0 Å². The third kappa shape index (κ3) is 3.12. The number of rotatable bonds is 3. The number of aryl methyl sites for hydroxylation is 1. The Balaban J connectivity index is 2.50. The summed E-state index contributed by atoms with van der Waals surface area (Å²) >= 11 is 15.8. The van der Waals surface area contributed by atoms with Gasteiger partial charge in [0, 0.05) is 4.47 Å². The fraction of sp³-hybridized carbons (Fsp3) is 0.143. The van der Waals surface area contributed by atoms with Crippen molar-refractivity contribution < 1.29 is 0 Å². The van der Waals surface area contributed by atoms with E-state index in [2.05, 4.69) is 21.4 Å². The number of nitrogens with one attached hydrogen (secondary N) is 1. The lowest BCUT2D eigenvalue weighted by atomic mass is 9.98. The molecule has 0 aliphatic carbocycles. The molecule has 1 unspecified atom stereocenters. The molecule has 2 aromatic rings. The van der Waals surface area contributed by atoms with Crippen molar-refractivity contribution in [3.8, 4) is 0 Å². The Kier molecular flexibility index (Phi) is 4.87. The van der Waals surface area contributed by atoms with Crippen LogP contribution >= 0.6 is 39.1 Å². The number of hydrazine groups is 1. The minimum Gasteiger partial charge on any atom is -0.271 e. The Labute approximate surface area is 131 Å². The fourth-order valence-corrected chi connectivity index (χ4v) is 2.71. The zero-order valence-corrected chi connectivity index (χ0v) is 13.4. The SMILES string of the molecule is Cc1ccc(C(NN)c2cccc(Cl)c2Cl)cc1Br. The van der Waals surface area contributed by atoms with Gasteiger partial charge < -0.3 is 0 Å². The van der Waals surface area contributed by atoms with Crippen molar-refractivity contribution >= 4 is 39.1 Å². The van der Waals surface area contributed by atoms with Crippen LogP contribution in [0.1, 0.15) is 22.7 Å². The maximum absolute atomic E-state index is 6.25. The predicted octanol–water partition coefficient (Wildman–Crippen LogP) is 4.62. The molecule has 0 aromatic heterocycles. The van der Waals surface area contributed by atoms with E-state index in [-0.39, 0.29) is 6.04 Å². The Morgan fingerprint density at radius 1 is 1.21 bits per heavy atom. The van der Waals surface area contributed by atoms with Crippen LogP contribution in [0.2, 0.25) is 10.0 Å². The highest BCUT2D eigenvalue weighted by atomic mass is 79.9. The van der Waals surface area contributed by atoms with Gasteiger partial charge in [-0.1, -0.05) is 63.4 Å². The van der Waals surface area contributed by atoms with E-state index in [0.29, 0.717) is 10.0 Å². The molecule has 0 spiro atoms. The average Bonchev–Trinajstić information content (AvgIpc) is 2.39. The molecule has 100 valence electrons. The van der Waals surface area contributed by atoms with Crippen molar-refractivity contribution in [2.75, 3.05) is 0 Å². The molecule has 0 heterocycles. The van der Waals surface area contributed by atoms with Crippen molar-refractivity contribution in [2.45, 2.75) is 13.0 Å².